The molecule has 14 heavy (non-hydrogen) atoms. The van der Waals surface area contributed by atoms with Crippen molar-refractivity contribution in [3.63, 3.8) is 0 Å². The third-order valence-electron chi connectivity index (χ3n) is 2.72. The second-order valence-corrected chi connectivity index (χ2v) is 3.90. The Morgan fingerprint density at radius 2 is 2.07 bits per heavy atom. The average Bonchev–Trinajstić information content (AvgIpc) is 2.17. The zero-order valence-electron chi connectivity index (χ0n) is 9.43. The molecular weight excluding hydrogens is 171 g/mol. The normalized spacial score (nSPS) is 21.9. The lowest BCUT2D eigenvalue weighted by Gasteiger charge is -2.27. The van der Waals surface area contributed by atoms with Gasteiger partial charge in [-0.1, -0.05) is 32.3 Å². The van der Waals surface area contributed by atoms with Gasteiger partial charge in [-0.05, 0) is 25.4 Å². The van der Waals surface area contributed by atoms with Gasteiger partial charge in [-0.15, -0.1) is 0 Å². The summed E-state index contributed by atoms with van der Waals surface area (Å²) in [5, 5.41) is 4.23. The Kier molecular flexibility index (Phi) is 4.24. The maximum atomic E-state index is 5.91. The van der Waals surface area contributed by atoms with Gasteiger partial charge < -0.3 is 0 Å². The number of nitrogens with one attached hydrogen (secondary N) is 1. The van der Waals surface area contributed by atoms with E-state index in [4.69, 9.17) is 7.85 Å². The van der Waals surface area contributed by atoms with Crippen LogP contribution >= 0.6 is 0 Å². The van der Waals surface area contributed by atoms with E-state index in [0.717, 1.165) is 24.9 Å². The molecule has 0 aromatic carbocycles. The Hall–Kier alpha value is -0.725. The van der Waals surface area contributed by atoms with Crippen molar-refractivity contribution in [2.75, 3.05) is 0 Å². The molecule has 0 saturated heterocycles. The standard InChI is InChI=1S/C11H19BN2/c1-4-6-9-8(3)13-14-11(12)10(9)7-5-2/h9,14H,4-7H2,1-3H3. The molecule has 0 aliphatic carbocycles. The van der Waals surface area contributed by atoms with Crippen molar-refractivity contribution in [1.82, 2.24) is 5.43 Å². The predicted molar refractivity (Wildman–Crippen MR) is 62.3 cm³/mol. The Balaban J connectivity index is 2.81. The van der Waals surface area contributed by atoms with Crippen molar-refractivity contribution >= 4 is 13.6 Å². The van der Waals surface area contributed by atoms with Gasteiger partial charge in [-0.3, -0.25) is 5.43 Å². The Bertz CT molecular complexity index is 256. The monoisotopic (exact) mass is 190 g/mol. The molecule has 1 atom stereocenters. The van der Waals surface area contributed by atoms with Gasteiger partial charge in [0.25, 0.3) is 0 Å². The summed E-state index contributed by atoms with van der Waals surface area (Å²) in [5.41, 5.74) is 6.19. The topological polar surface area (TPSA) is 24.4 Å². The minimum Gasteiger partial charge on any atom is -0.293 e. The first-order valence-electron chi connectivity index (χ1n) is 5.49. The summed E-state index contributed by atoms with van der Waals surface area (Å²) in [6.45, 7) is 6.47. The van der Waals surface area contributed by atoms with Crippen LogP contribution in [0.4, 0.5) is 0 Å². The quantitative estimate of drug-likeness (QED) is 0.677. The van der Waals surface area contributed by atoms with Gasteiger partial charge in [0.2, 0.25) is 0 Å². The third-order valence-corrected chi connectivity index (χ3v) is 2.72. The van der Waals surface area contributed by atoms with E-state index in [2.05, 4.69) is 31.3 Å². The van der Waals surface area contributed by atoms with Gasteiger partial charge in [0, 0.05) is 11.6 Å². The molecule has 1 N–H and O–H groups in total. The van der Waals surface area contributed by atoms with Crippen LogP contribution in [0.5, 0.6) is 0 Å². The second-order valence-electron chi connectivity index (χ2n) is 3.90. The molecule has 0 bridgehead atoms. The van der Waals surface area contributed by atoms with E-state index in [-0.39, 0.29) is 0 Å². The lowest BCUT2D eigenvalue weighted by Crippen LogP contribution is -2.27. The number of hydrogen-bond donors (Lipinski definition) is 1. The third kappa shape index (κ3) is 2.40. The van der Waals surface area contributed by atoms with E-state index >= 15 is 0 Å². The fourth-order valence-electron chi connectivity index (χ4n) is 1.99. The van der Waals surface area contributed by atoms with Gasteiger partial charge >= 0.3 is 0 Å². The van der Waals surface area contributed by atoms with Gasteiger partial charge in [0.1, 0.15) is 7.85 Å². The van der Waals surface area contributed by atoms with Crippen LogP contribution in [-0.4, -0.2) is 13.6 Å². The van der Waals surface area contributed by atoms with Crippen LogP contribution in [0.1, 0.15) is 46.5 Å². The Labute approximate surface area is 88.3 Å². The van der Waals surface area contributed by atoms with Crippen LogP contribution in [0.2, 0.25) is 0 Å². The molecule has 1 unspecified atom stereocenters. The molecule has 0 aromatic heterocycles. The van der Waals surface area contributed by atoms with Crippen LogP contribution < -0.4 is 5.43 Å². The number of hydrazone groups is 1. The van der Waals surface area contributed by atoms with Crippen molar-refractivity contribution in [2.45, 2.75) is 46.5 Å². The van der Waals surface area contributed by atoms with E-state index in [0.29, 0.717) is 5.92 Å². The molecule has 0 spiro atoms. The largest absolute Gasteiger partial charge is 0.293 e. The van der Waals surface area contributed by atoms with Crippen molar-refractivity contribution in [2.24, 2.45) is 11.0 Å². The Morgan fingerprint density at radius 3 is 2.64 bits per heavy atom. The van der Waals surface area contributed by atoms with Gasteiger partial charge in [-0.25, -0.2) is 0 Å². The lowest BCUT2D eigenvalue weighted by molar-refractivity contribution is 0.620. The van der Waals surface area contributed by atoms with Gasteiger partial charge in [-0.2, -0.15) is 5.10 Å². The number of hydrogen-bond acceptors (Lipinski definition) is 2. The zero-order chi connectivity index (χ0) is 10.6. The smallest absolute Gasteiger partial charge is 0.140 e. The minimum atomic E-state index is 0.473. The molecule has 1 aliphatic heterocycles. The fourth-order valence-corrected chi connectivity index (χ4v) is 1.99. The van der Waals surface area contributed by atoms with Crippen molar-refractivity contribution in [1.29, 1.82) is 0 Å². The van der Waals surface area contributed by atoms with Crippen LogP contribution in [0.25, 0.3) is 0 Å². The summed E-state index contributed by atoms with van der Waals surface area (Å²) in [7, 11) is 5.91. The number of nitrogens with zero attached hydrogens (tertiary/aromatic N) is 1. The molecule has 1 heterocycles. The molecule has 2 radical (unpaired) electrons. The molecule has 0 saturated carbocycles. The maximum Gasteiger partial charge on any atom is 0.140 e. The van der Waals surface area contributed by atoms with Crippen LogP contribution in [-0.2, 0) is 0 Å². The van der Waals surface area contributed by atoms with Gasteiger partial charge in [0.15, 0.2) is 0 Å². The summed E-state index contributed by atoms with van der Waals surface area (Å²) in [5.74, 6) is 0.473. The first-order chi connectivity index (χ1) is 6.70. The molecule has 3 heteroatoms. The fraction of sp³-hybridized carbons (Fsp3) is 0.727. The highest BCUT2D eigenvalue weighted by atomic mass is 15.3. The van der Waals surface area contributed by atoms with E-state index < -0.39 is 0 Å². The highest BCUT2D eigenvalue weighted by Gasteiger charge is 2.21. The molecule has 1 aliphatic rings. The lowest BCUT2D eigenvalue weighted by atomic mass is 9.81. The first kappa shape index (κ1) is 11.4. The van der Waals surface area contributed by atoms with Crippen molar-refractivity contribution < 1.29 is 0 Å². The van der Waals surface area contributed by atoms with Crippen LogP contribution in [0.15, 0.2) is 16.3 Å². The summed E-state index contributed by atoms with van der Waals surface area (Å²) in [4.78, 5) is 0. The highest BCUT2D eigenvalue weighted by Crippen LogP contribution is 2.27. The highest BCUT2D eigenvalue weighted by molar-refractivity contribution is 6.22. The van der Waals surface area contributed by atoms with Crippen molar-refractivity contribution in [3.8, 4) is 0 Å². The zero-order valence-corrected chi connectivity index (χ0v) is 9.43. The molecule has 0 amide bonds. The average molecular weight is 190 g/mol. The van der Waals surface area contributed by atoms with E-state index in [1.54, 1.807) is 0 Å². The van der Waals surface area contributed by atoms with Crippen LogP contribution in [0, 0.1) is 5.92 Å². The summed E-state index contributed by atoms with van der Waals surface area (Å²) in [6.07, 6.45) is 4.56. The van der Waals surface area contributed by atoms with Crippen LogP contribution in [0.3, 0.4) is 0 Å². The molecule has 0 fully saturated rings. The number of rotatable bonds is 4. The molecular formula is C11H19BN2. The predicted octanol–water partition coefficient (Wildman–Crippen LogP) is 2.56. The summed E-state index contributed by atoms with van der Waals surface area (Å²) in [6, 6.07) is 0. The summed E-state index contributed by atoms with van der Waals surface area (Å²) >= 11 is 0. The number of allylic oxidation sites excluding steroid dienone is 1. The SMILES string of the molecule is [B]C1=C(CCC)C(CCC)C(C)=NN1. The maximum absolute atomic E-state index is 5.91. The first-order valence-corrected chi connectivity index (χ1v) is 5.49. The molecule has 2 nitrogen and oxygen atoms in total. The van der Waals surface area contributed by atoms with E-state index in [1.165, 1.54) is 17.7 Å². The van der Waals surface area contributed by atoms with Gasteiger partial charge in [0.05, 0.1) is 0 Å². The molecule has 1 rings (SSSR count). The minimum absolute atomic E-state index is 0.473. The van der Waals surface area contributed by atoms with E-state index in [9.17, 15) is 0 Å². The van der Waals surface area contributed by atoms with E-state index in [1.807, 2.05) is 0 Å². The summed E-state index contributed by atoms with van der Waals surface area (Å²) < 4.78 is 0. The van der Waals surface area contributed by atoms with Crippen molar-refractivity contribution in [3.05, 3.63) is 11.2 Å². The molecule has 0 aromatic rings. The molecule has 76 valence electrons. The Morgan fingerprint density at radius 1 is 1.36 bits per heavy atom. The second kappa shape index (κ2) is 5.23.